The first-order valence-electron chi connectivity index (χ1n) is 3.97. The van der Waals surface area contributed by atoms with Gasteiger partial charge in [-0.2, -0.15) is 5.10 Å². The molecule has 0 aliphatic heterocycles. The molecule has 1 rings (SSSR count). The Kier molecular flexibility index (Phi) is 3.91. The van der Waals surface area contributed by atoms with Crippen LogP contribution in [0.1, 0.15) is 18.5 Å². The molecule has 12 heavy (non-hydrogen) atoms. The predicted molar refractivity (Wildman–Crippen MR) is 43.5 cm³/mol. The van der Waals surface area contributed by atoms with Crippen LogP contribution in [0.25, 0.3) is 0 Å². The van der Waals surface area contributed by atoms with Gasteiger partial charge in [0.15, 0.2) is 0 Å². The second-order valence-corrected chi connectivity index (χ2v) is 2.49. The minimum atomic E-state index is 0.481. The first-order chi connectivity index (χ1) is 5.93. The van der Waals surface area contributed by atoms with Gasteiger partial charge in [0.25, 0.3) is 6.47 Å². The lowest BCUT2D eigenvalue weighted by molar-refractivity contribution is -0.128. The number of rotatable bonds is 6. The van der Waals surface area contributed by atoms with Crippen molar-refractivity contribution in [1.29, 1.82) is 0 Å². The summed E-state index contributed by atoms with van der Waals surface area (Å²) >= 11 is 0. The molecule has 0 unspecified atom stereocenters. The Morgan fingerprint density at radius 2 is 2.50 bits per heavy atom. The molecule has 0 aliphatic carbocycles. The fraction of sp³-hybridized carbons (Fsp3) is 0.500. The Morgan fingerprint density at radius 1 is 1.58 bits per heavy atom. The molecule has 0 bridgehead atoms. The number of nitrogens with one attached hydrogen (secondary N) is 1. The van der Waals surface area contributed by atoms with E-state index < -0.39 is 0 Å². The minimum Gasteiger partial charge on any atom is -0.468 e. The topological polar surface area (TPSA) is 55.0 Å². The van der Waals surface area contributed by atoms with Crippen molar-refractivity contribution in [3.63, 3.8) is 0 Å². The van der Waals surface area contributed by atoms with E-state index in [1.807, 2.05) is 6.07 Å². The van der Waals surface area contributed by atoms with Crippen molar-refractivity contribution >= 4 is 6.47 Å². The van der Waals surface area contributed by atoms with Gasteiger partial charge in [0.2, 0.25) is 0 Å². The van der Waals surface area contributed by atoms with Crippen LogP contribution in [0.4, 0.5) is 0 Å². The fourth-order valence-electron chi connectivity index (χ4n) is 0.970. The number of hydrogen-bond donors (Lipinski definition) is 1. The molecule has 0 spiro atoms. The number of aromatic amines is 1. The molecule has 0 aliphatic rings. The van der Waals surface area contributed by atoms with Gasteiger partial charge >= 0.3 is 0 Å². The fourth-order valence-corrected chi connectivity index (χ4v) is 0.970. The summed E-state index contributed by atoms with van der Waals surface area (Å²) < 4.78 is 4.54. The maximum absolute atomic E-state index is 9.76. The minimum absolute atomic E-state index is 0.481. The Morgan fingerprint density at radius 3 is 3.17 bits per heavy atom. The Labute approximate surface area is 70.9 Å². The highest BCUT2D eigenvalue weighted by molar-refractivity contribution is 5.36. The van der Waals surface area contributed by atoms with E-state index in [0.717, 1.165) is 25.0 Å². The summed E-state index contributed by atoms with van der Waals surface area (Å²) in [6, 6.07) is 1.95. The standard InChI is InChI=1S/C8H12N2O2/c11-7-12-6-2-1-3-8-4-5-9-10-8/h4-5,7H,1-3,6H2,(H,9,10). The summed E-state index contributed by atoms with van der Waals surface area (Å²) in [6.07, 6.45) is 4.63. The number of hydrogen-bond acceptors (Lipinski definition) is 3. The number of ether oxygens (including phenoxy) is 1. The summed E-state index contributed by atoms with van der Waals surface area (Å²) in [5, 5.41) is 6.74. The third-order valence-corrected chi connectivity index (χ3v) is 1.57. The number of aromatic nitrogens is 2. The van der Waals surface area contributed by atoms with Gasteiger partial charge in [0.05, 0.1) is 12.3 Å². The van der Waals surface area contributed by atoms with E-state index in [4.69, 9.17) is 0 Å². The molecule has 0 fully saturated rings. The zero-order chi connectivity index (χ0) is 8.65. The van der Waals surface area contributed by atoms with Crippen LogP contribution in [-0.2, 0) is 16.0 Å². The summed E-state index contributed by atoms with van der Waals surface area (Å²) in [6.45, 7) is 0.989. The average Bonchev–Trinajstić information content (AvgIpc) is 2.57. The third kappa shape index (κ3) is 3.18. The van der Waals surface area contributed by atoms with Crippen molar-refractivity contribution in [3.05, 3.63) is 18.0 Å². The highest BCUT2D eigenvalue weighted by Crippen LogP contribution is 1.99. The van der Waals surface area contributed by atoms with Crippen LogP contribution in [0.15, 0.2) is 12.3 Å². The highest BCUT2D eigenvalue weighted by atomic mass is 16.5. The number of unbranched alkanes of at least 4 members (excludes halogenated alkanes) is 1. The zero-order valence-electron chi connectivity index (χ0n) is 6.82. The lowest BCUT2D eigenvalue weighted by atomic mass is 10.2. The van der Waals surface area contributed by atoms with Crippen molar-refractivity contribution in [2.45, 2.75) is 19.3 Å². The molecule has 0 radical (unpaired) electrons. The van der Waals surface area contributed by atoms with Crippen LogP contribution >= 0.6 is 0 Å². The van der Waals surface area contributed by atoms with E-state index in [9.17, 15) is 4.79 Å². The van der Waals surface area contributed by atoms with Gasteiger partial charge in [-0.3, -0.25) is 9.89 Å². The van der Waals surface area contributed by atoms with Gasteiger partial charge < -0.3 is 4.74 Å². The van der Waals surface area contributed by atoms with E-state index in [1.165, 1.54) is 0 Å². The Hall–Kier alpha value is -1.32. The smallest absolute Gasteiger partial charge is 0.293 e. The predicted octanol–water partition coefficient (Wildman–Crippen LogP) is 0.905. The molecule has 1 aromatic heterocycles. The molecular formula is C8H12N2O2. The van der Waals surface area contributed by atoms with Crippen LogP contribution in [0.5, 0.6) is 0 Å². The largest absolute Gasteiger partial charge is 0.468 e. The molecule has 1 heterocycles. The zero-order valence-corrected chi connectivity index (χ0v) is 6.82. The van der Waals surface area contributed by atoms with Crippen LogP contribution in [-0.4, -0.2) is 23.3 Å². The van der Waals surface area contributed by atoms with Gasteiger partial charge in [-0.15, -0.1) is 0 Å². The number of carbonyl (C=O) groups excluding carboxylic acids is 1. The van der Waals surface area contributed by atoms with Gasteiger partial charge in [0.1, 0.15) is 0 Å². The lowest BCUT2D eigenvalue weighted by Crippen LogP contribution is -1.93. The van der Waals surface area contributed by atoms with E-state index in [0.29, 0.717) is 13.1 Å². The molecule has 0 atom stereocenters. The summed E-state index contributed by atoms with van der Waals surface area (Å²) in [7, 11) is 0. The Balaban J connectivity index is 2.00. The number of nitrogens with zero attached hydrogens (tertiary/aromatic N) is 1. The first kappa shape index (κ1) is 8.77. The number of carbonyl (C=O) groups is 1. The van der Waals surface area contributed by atoms with E-state index in [-0.39, 0.29) is 0 Å². The van der Waals surface area contributed by atoms with Crippen LogP contribution in [0, 0.1) is 0 Å². The molecular weight excluding hydrogens is 156 g/mol. The molecule has 0 amide bonds. The van der Waals surface area contributed by atoms with E-state index in [1.54, 1.807) is 6.20 Å². The van der Waals surface area contributed by atoms with Crippen molar-refractivity contribution in [1.82, 2.24) is 10.2 Å². The molecule has 4 nitrogen and oxygen atoms in total. The van der Waals surface area contributed by atoms with E-state index >= 15 is 0 Å². The highest BCUT2D eigenvalue weighted by Gasteiger charge is 1.94. The second-order valence-electron chi connectivity index (χ2n) is 2.49. The number of H-pyrrole nitrogens is 1. The van der Waals surface area contributed by atoms with Crippen molar-refractivity contribution < 1.29 is 9.53 Å². The summed E-state index contributed by atoms with van der Waals surface area (Å²) in [4.78, 5) is 9.76. The average molecular weight is 168 g/mol. The molecule has 0 saturated heterocycles. The molecule has 1 aromatic rings. The Bertz CT molecular complexity index is 209. The van der Waals surface area contributed by atoms with Gasteiger partial charge in [0, 0.05) is 6.20 Å². The monoisotopic (exact) mass is 168 g/mol. The second kappa shape index (κ2) is 5.35. The van der Waals surface area contributed by atoms with Crippen molar-refractivity contribution in [2.75, 3.05) is 6.61 Å². The third-order valence-electron chi connectivity index (χ3n) is 1.57. The molecule has 1 N–H and O–H groups in total. The maximum atomic E-state index is 9.76. The maximum Gasteiger partial charge on any atom is 0.293 e. The normalized spacial score (nSPS) is 9.67. The molecule has 4 heteroatoms. The van der Waals surface area contributed by atoms with Gasteiger partial charge in [-0.05, 0) is 25.3 Å². The molecule has 0 aromatic carbocycles. The van der Waals surface area contributed by atoms with Crippen molar-refractivity contribution in [2.24, 2.45) is 0 Å². The molecule has 0 saturated carbocycles. The first-order valence-corrected chi connectivity index (χ1v) is 3.97. The van der Waals surface area contributed by atoms with E-state index in [2.05, 4.69) is 14.9 Å². The van der Waals surface area contributed by atoms with Crippen LogP contribution in [0.3, 0.4) is 0 Å². The molecule has 66 valence electrons. The number of aryl methyl sites for hydroxylation is 1. The summed E-state index contributed by atoms with van der Waals surface area (Å²) in [5.74, 6) is 0. The van der Waals surface area contributed by atoms with Crippen LogP contribution in [0.2, 0.25) is 0 Å². The quantitative estimate of drug-likeness (QED) is 0.507. The van der Waals surface area contributed by atoms with Gasteiger partial charge in [-0.1, -0.05) is 0 Å². The summed E-state index contributed by atoms with van der Waals surface area (Å²) in [5.41, 5.74) is 1.06. The van der Waals surface area contributed by atoms with Gasteiger partial charge in [-0.25, -0.2) is 0 Å². The van der Waals surface area contributed by atoms with Crippen molar-refractivity contribution in [3.8, 4) is 0 Å². The van der Waals surface area contributed by atoms with Crippen LogP contribution < -0.4 is 0 Å². The lowest BCUT2D eigenvalue weighted by Gasteiger charge is -1.96. The SMILES string of the molecule is O=COCCCCc1cc[nH]n1.